The van der Waals surface area contributed by atoms with Crippen LogP contribution in [0.3, 0.4) is 0 Å². The van der Waals surface area contributed by atoms with Crippen molar-refractivity contribution in [1.29, 1.82) is 0 Å². The van der Waals surface area contributed by atoms with Crippen molar-refractivity contribution in [3.63, 3.8) is 0 Å². The Kier molecular flexibility index (Phi) is 6.58. The van der Waals surface area contributed by atoms with Gasteiger partial charge >= 0.3 is 0 Å². The smallest absolute Gasteiger partial charge is 0.226 e. The molecular weight excluding hydrogens is 310 g/mol. The second-order valence-electron chi connectivity index (χ2n) is 5.67. The lowest BCUT2D eigenvalue weighted by molar-refractivity contribution is 0.368. The number of aromatic nitrogens is 2. The van der Waals surface area contributed by atoms with Crippen molar-refractivity contribution in [1.82, 2.24) is 20.8 Å². The maximum absolute atomic E-state index is 5.23. The van der Waals surface area contributed by atoms with E-state index in [0.717, 1.165) is 37.7 Å². The van der Waals surface area contributed by atoms with Gasteiger partial charge in [0.05, 0.1) is 6.54 Å². The first-order valence-corrected chi connectivity index (χ1v) is 8.72. The zero-order chi connectivity index (χ0) is 16.7. The van der Waals surface area contributed by atoms with Gasteiger partial charge in [-0.2, -0.15) is 4.98 Å². The molecule has 0 spiro atoms. The standard InChI is InChI=1S/C16H25N5OS/c1-11(2)15-20-14(22-21-15)6-5-9-18-16(17-4)19-10-13-8-7-12(3)23-13/h7-8,11H,5-6,9-10H2,1-4H3,(H2,17,18,19). The molecule has 0 saturated heterocycles. The maximum atomic E-state index is 5.23. The van der Waals surface area contributed by atoms with E-state index in [-0.39, 0.29) is 0 Å². The molecule has 0 unspecified atom stereocenters. The van der Waals surface area contributed by atoms with E-state index in [0.29, 0.717) is 11.8 Å². The Bertz CT molecular complexity index is 632. The summed E-state index contributed by atoms with van der Waals surface area (Å²) in [7, 11) is 1.78. The van der Waals surface area contributed by atoms with Gasteiger partial charge in [0.25, 0.3) is 0 Å². The van der Waals surface area contributed by atoms with Crippen molar-refractivity contribution in [3.8, 4) is 0 Å². The molecule has 0 radical (unpaired) electrons. The molecule has 0 atom stereocenters. The molecule has 0 aromatic carbocycles. The van der Waals surface area contributed by atoms with Crippen LogP contribution in [0.1, 0.15) is 47.7 Å². The zero-order valence-electron chi connectivity index (χ0n) is 14.2. The van der Waals surface area contributed by atoms with Crippen LogP contribution in [0.2, 0.25) is 0 Å². The first-order valence-electron chi connectivity index (χ1n) is 7.90. The fourth-order valence-electron chi connectivity index (χ4n) is 2.02. The maximum Gasteiger partial charge on any atom is 0.226 e. The number of hydrogen-bond acceptors (Lipinski definition) is 5. The van der Waals surface area contributed by atoms with Gasteiger partial charge in [-0.3, -0.25) is 4.99 Å². The first-order chi connectivity index (χ1) is 11.1. The summed E-state index contributed by atoms with van der Waals surface area (Å²) in [5.74, 6) is 2.59. The van der Waals surface area contributed by atoms with Gasteiger partial charge in [0, 0.05) is 35.7 Å². The Balaban J connectivity index is 1.67. The third-order valence-electron chi connectivity index (χ3n) is 3.31. The molecule has 126 valence electrons. The highest BCUT2D eigenvalue weighted by atomic mass is 32.1. The molecule has 0 fully saturated rings. The molecule has 23 heavy (non-hydrogen) atoms. The van der Waals surface area contributed by atoms with Gasteiger partial charge in [0.2, 0.25) is 5.89 Å². The lowest BCUT2D eigenvalue weighted by Crippen LogP contribution is -2.37. The SMILES string of the molecule is CN=C(NCCCc1nc(C(C)C)no1)NCc1ccc(C)s1. The van der Waals surface area contributed by atoms with Crippen LogP contribution in [0.25, 0.3) is 0 Å². The van der Waals surface area contributed by atoms with Gasteiger partial charge in [-0.05, 0) is 25.5 Å². The highest BCUT2D eigenvalue weighted by Crippen LogP contribution is 2.14. The van der Waals surface area contributed by atoms with E-state index in [9.17, 15) is 0 Å². The minimum Gasteiger partial charge on any atom is -0.356 e. The Morgan fingerprint density at radius 2 is 2.17 bits per heavy atom. The summed E-state index contributed by atoms with van der Waals surface area (Å²) >= 11 is 1.80. The number of hydrogen-bond donors (Lipinski definition) is 2. The van der Waals surface area contributed by atoms with E-state index in [2.05, 4.69) is 58.7 Å². The summed E-state index contributed by atoms with van der Waals surface area (Å²) in [5, 5.41) is 10.6. The van der Waals surface area contributed by atoms with E-state index >= 15 is 0 Å². The number of thiophene rings is 1. The second-order valence-corrected chi connectivity index (χ2v) is 7.04. The molecule has 6 nitrogen and oxygen atoms in total. The van der Waals surface area contributed by atoms with Crippen LogP contribution in [-0.2, 0) is 13.0 Å². The van der Waals surface area contributed by atoms with E-state index in [4.69, 9.17) is 4.52 Å². The summed E-state index contributed by atoms with van der Waals surface area (Å²) in [6.07, 6.45) is 1.69. The molecule has 0 aliphatic heterocycles. The largest absolute Gasteiger partial charge is 0.356 e. The van der Waals surface area contributed by atoms with Gasteiger partial charge in [-0.25, -0.2) is 0 Å². The third kappa shape index (κ3) is 5.67. The average molecular weight is 335 g/mol. The van der Waals surface area contributed by atoms with Crippen molar-refractivity contribution < 1.29 is 4.52 Å². The fourth-order valence-corrected chi connectivity index (χ4v) is 2.85. The molecule has 0 amide bonds. The number of aryl methyl sites for hydroxylation is 2. The van der Waals surface area contributed by atoms with E-state index < -0.39 is 0 Å². The Morgan fingerprint density at radius 3 is 2.78 bits per heavy atom. The quantitative estimate of drug-likeness (QED) is 0.462. The minimum absolute atomic E-state index is 0.301. The molecule has 2 aromatic heterocycles. The molecule has 7 heteroatoms. The van der Waals surface area contributed by atoms with Gasteiger partial charge in [-0.15, -0.1) is 11.3 Å². The van der Waals surface area contributed by atoms with Gasteiger partial charge in [0.15, 0.2) is 11.8 Å². The summed E-state index contributed by atoms with van der Waals surface area (Å²) in [6.45, 7) is 7.83. The molecule has 2 heterocycles. The second kappa shape index (κ2) is 8.67. The van der Waals surface area contributed by atoms with Crippen molar-refractivity contribution in [2.24, 2.45) is 4.99 Å². The summed E-state index contributed by atoms with van der Waals surface area (Å²) in [4.78, 5) is 11.2. The molecular formula is C16H25N5OS. The lowest BCUT2D eigenvalue weighted by atomic mass is 10.2. The fraction of sp³-hybridized carbons (Fsp3) is 0.562. The van der Waals surface area contributed by atoms with Crippen molar-refractivity contribution in [2.75, 3.05) is 13.6 Å². The number of guanidine groups is 1. The predicted octanol–water partition coefficient (Wildman–Crippen LogP) is 2.86. The van der Waals surface area contributed by atoms with E-state index in [1.54, 1.807) is 18.4 Å². The van der Waals surface area contributed by atoms with Crippen molar-refractivity contribution in [2.45, 2.75) is 46.1 Å². The van der Waals surface area contributed by atoms with E-state index in [1.165, 1.54) is 9.75 Å². The van der Waals surface area contributed by atoms with Gasteiger partial charge in [0.1, 0.15) is 0 Å². The normalized spacial score (nSPS) is 12.0. The molecule has 0 bridgehead atoms. The number of nitrogens with zero attached hydrogens (tertiary/aromatic N) is 3. The summed E-state index contributed by atoms with van der Waals surface area (Å²) in [5.41, 5.74) is 0. The Morgan fingerprint density at radius 1 is 1.35 bits per heavy atom. The topological polar surface area (TPSA) is 75.3 Å². The molecule has 2 aromatic rings. The highest BCUT2D eigenvalue weighted by molar-refractivity contribution is 7.11. The number of nitrogens with one attached hydrogen (secondary N) is 2. The highest BCUT2D eigenvalue weighted by Gasteiger charge is 2.09. The van der Waals surface area contributed by atoms with Crippen LogP contribution in [0.4, 0.5) is 0 Å². The van der Waals surface area contributed by atoms with Crippen LogP contribution >= 0.6 is 11.3 Å². The monoisotopic (exact) mass is 335 g/mol. The number of rotatable bonds is 7. The molecule has 0 aliphatic rings. The zero-order valence-corrected chi connectivity index (χ0v) is 15.0. The summed E-state index contributed by atoms with van der Waals surface area (Å²) in [6, 6.07) is 4.27. The van der Waals surface area contributed by atoms with Crippen LogP contribution in [0, 0.1) is 6.92 Å². The third-order valence-corrected chi connectivity index (χ3v) is 4.31. The Labute approximate surface area is 141 Å². The molecule has 2 rings (SSSR count). The molecule has 0 saturated carbocycles. The van der Waals surface area contributed by atoms with Gasteiger partial charge < -0.3 is 15.2 Å². The Hall–Kier alpha value is -1.89. The first kappa shape index (κ1) is 17.5. The van der Waals surface area contributed by atoms with Crippen molar-refractivity contribution >= 4 is 17.3 Å². The minimum atomic E-state index is 0.301. The van der Waals surface area contributed by atoms with Crippen LogP contribution in [-0.4, -0.2) is 29.7 Å². The molecule has 0 aliphatic carbocycles. The van der Waals surface area contributed by atoms with Crippen LogP contribution in [0.15, 0.2) is 21.6 Å². The van der Waals surface area contributed by atoms with Crippen LogP contribution in [0.5, 0.6) is 0 Å². The van der Waals surface area contributed by atoms with Gasteiger partial charge in [-0.1, -0.05) is 19.0 Å². The van der Waals surface area contributed by atoms with Crippen LogP contribution < -0.4 is 10.6 Å². The average Bonchev–Trinajstić information content (AvgIpc) is 3.15. The predicted molar refractivity (Wildman–Crippen MR) is 94.0 cm³/mol. The number of aliphatic imine (C=N–C) groups is 1. The van der Waals surface area contributed by atoms with Crippen molar-refractivity contribution in [3.05, 3.63) is 33.6 Å². The molecule has 2 N–H and O–H groups in total. The lowest BCUT2D eigenvalue weighted by Gasteiger charge is -2.10. The summed E-state index contributed by atoms with van der Waals surface area (Å²) < 4.78 is 5.23. The van der Waals surface area contributed by atoms with E-state index in [1.807, 2.05) is 0 Å².